The maximum atomic E-state index is 11.7. The van der Waals surface area contributed by atoms with E-state index in [4.69, 9.17) is 12.2 Å². The molecule has 1 fully saturated rings. The van der Waals surface area contributed by atoms with Crippen molar-refractivity contribution in [2.75, 3.05) is 18.1 Å². The lowest BCUT2D eigenvalue weighted by molar-refractivity contribution is 0.162. The Kier molecular flexibility index (Phi) is 5.08. The molecule has 1 aliphatic heterocycles. The van der Waals surface area contributed by atoms with Gasteiger partial charge in [0.1, 0.15) is 0 Å². The van der Waals surface area contributed by atoms with Crippen molar-refractivity contribution in [1.29, 1.82) is 0 Å². The highest BCUT2D eigenvalue weighted by atomic mass is 32.2. The van der Waals surface area contributed by atoms with Crippen LogP contribution >= 0.6 is 12.2 Å². The molecule has 0 aliphatic carbocycles. The number of aromatic nitrogens is 4. The molecule has 136 valence electrons. The van der Waals surface area contributed by atoms with Gasteiger partial charge in [0.05, 0.1) is 23.9 Å². The lowest BCUT2D eigenvalue weighted by Gasteiger charge is -2.25. The van der Waals surface area contributed by atoms with E-state index in [1.807, 2.05) is 32.0 Å². The Hall–Kier alpha value is -1.58. The highest BCUT2D eigenvalue weighted by Gasteiger charge is 2.32. The first-order valence-corrected chi connectivity index (χ1v) is 10.6. The van der Waals surface area contributed by atoms with Gasteiger partial charge in [-0.15, -0.1) is 0 Å². The van der Waals surface area contributed by atoms with Gasteiger partial charge in [-0.25, -0.2) is 13.1 Å². The second kappa shape index (κ2) is 6.97. The number of hydrogen-bond donors (Lipinski definition) is 0. The SMILES string of the molecule is CCN(Cn1nnn(-c2ccc(C)c(C)c2)c1=S)[C@@H]1CCS(=O)(=O)C1. The topological polar surface area (TPSA) is 73.0 Å². The second-order valence-electron chi connectivity index (χ2n) is 6.54. The van der Waals surface area contributed by atoms with E-state index in [9.17, 15) is 8.42 Å². The maximum Gasteiger partial charge on any atom is 0.221 e. The van der Waals surface area contributed by atoms with Crippen molar-refractivity contribution in [2.24, 2.45) is 0 Å². The normalized spacial score (nSPS) is 19.6. The van der Waals surface area contributed by atoms with Gasteiger partial charge in [-0.3, -0.25) is 4.90 Å². The van der Waals surface area contributed by atoms with Crippen LogP contribution in [0.3, 0.4) is 0 Å². The zero-order chi connectivity index (χ0) is 18.2. The Balaban J connectivity index is 1.83. The molecule has 7 nitrogen and oxygen atoms in total. The third-order valence-corrected chi connectivity index (χ3v) is 6.96. The Bertz CT molecular complexity index is 932. The molecule has 1 aliphatic rings. The third-order valence-electron chi connectivity index (χ3n) is 4.82. The van der Waals surface area contributed by atoms with Crippen molar-refractivity contribution < 1.29 is 8.42 Å². The van der Waals surface area contributed by atoms with Crippen LogP contribution in [0.25, 0.3) is 5.69 Å². The van der Waals surface area contributed by atoms with Crippen molar-refractivity contribution >= 4 is 22.1 Å². The van der Waals surface area contributed by atoms with Crippen LogP contribution in [0.15, 0.2) is 18.2 Å². The van der Waals surface area contributed by atoms with E-state index >= 15 is 0 Å². The van der Waals surface area contributed by atoms with Gasteiger partial charge in [0.25, 0.3) is 0 Å². The van der Waals surface area contributed by atoms with Crippen LogP contribution in [0.4, 0.5) is 0 Å². The molecule has 0 spiro atoms. The van der Waals surface area contributed by atoms with Gasteiger partial charge in [-0.1, -0.05) is 13.0 Å². The Morgan fingerprint density at radius 3 is 2.64 bits per heavy atom. The summed E-state index contributed by atoms with van der Waals surface area (Å²) in [7, 11) is -2.92. The molecule has 0 N–H and O–H groups in total. The molecule has 1 aromatic heterocycles. The minimum absolute atomic E-state index is 0.0173. The van der Waals surface area contributed by atoms with Crippen molar-refractivity contribution in [3.05, 3.63) is 34.1 Å². The fraction of sp³-hybridized carbons (Fsp3) is 0.562. The van der Waals surface area contributed by atoms with Crippen LogP contribution in [-0.4, -0.2) is 57.2 Å². The van der Waals surface area contributed by atoms with E-state index in [-0.39, 0.29) is 17.5 Å². The van der Waals surface area contributed by atoms with Crippen LogP contribution in [-0.2, 0) is 16.5 Å². The fourth-order valence-corrected chi connectivity index (χ4v) is 5.09. The first-order valence-electron chi connectivity index (χ1n) is 8.35. The summed E-state index contributed by atoms with van der Waals surface area (Å²) in [6, 6.07) is 6.06. The van der Waals surface area contributed by atoms with Gasteiger partial charge >= 0.3 is 0 Å². The molecule has 1 aromatic carbocycles. The van der Waals surface area contributed by atoms with Gasteiger partial charge < -0.3 is 0 Å². The summed E-state index contributed by atoms with van der Waals surface area (Å²) in [4.78, 5) is 2.10. The van der Waals surface area contributed by atoms with Crippen molar-refractivity contribution in [3.63, 3.8) is 0 Å². The summed E-state index contributed by atoms with van der Waals surface area (Å²) in [5.74, 6) is 0.467. The zero-order valence-electron chi connectivity index (χ0n) is 14.7. The van der Waals surface area contributed by atoms with Gasteiger partial charge in [0, 0.05) is 6.04 Å². The largest absolute Gasteiger partial charge is 0.280 e. The predicted molar refractivity (Wildman–Crippen MR) is 99.1 cm³/mol. The molecular formula is C16H23N5O2S2. The summed E-state index contributed by atoms with van der Waals surface area (Å²) in [5.41, 5.74) is 3.26. The van der Waals surface area contributed by atoms with E-state index in [0.717, 1.165) is 12.2 Å². The molecular weight excluding hydrogens is 358 g/mol. The lowest BCUT2D eigenvalue weighted by atomic mass is 10.1. The summed E-state index contributed by atoms with van der Waals surface area (Å²) >= 11 is 5.53. The van der Waals surface area contributed by atoms with Crippen LogP contribution in [0.1, 0.15) is 24.5 Å². The fourth-order valence-electron chi connectivity index (χ4n) is 3.09. The van der Waals surface area contributed by atoms with Crippen LogP contribution < -0.4 is 0 Å². The number of rotatable bonds is 5. The molecule has 0 saturated carbocycles. The van der Waals surface area contributed by atoms with Crippen LogP contribution in [0, 0.1) is 18.6 Å². The highest BCUT2D eigenvalue weighted by molar-refractivity contribution is 7.91. The van der Waals surface area contributed by atoms with E-state index in [1.54, 1.807) is 9.36 Å². The Labute approximate surface area is 153 Å². The number of tetrazole rings is 1. The van der Waals surface area contributed by atoms with E-state index in [0.29, 0.717) is 17.9 Å². The van der Waals surface area contributed by atoms with Crippen molar-refractivity contribution in [2.45, 2.75) is 39.9 Å². The molecule has 0 unspecified atom stereocenters. The molecule has 1 atom stereocenters. The quantitative estimate of drug-likeness (QED) is 0.737. The molecule has 25 heavy (non-hydrogen) atoms. The minimum atomic E-state index is -2.92. The number of hydrogen-bond acceptors (Lipinski definition) is 6. The van der Waals surface area contributed by atoms with Crippen molar-refractivity contribution in [1.82, 2.24) is 24.7 Å². The summed E-state index contributed by atoms with van der Waals surface area (Å²) in [6.45, 7) is 7.30. The van der Waals surface area contributed by atoms with Crippen LogP contribution in [0.5, 0.6) is 0 Å². The summed E-state index contributed by atoms with van der Waals surface area (Å²) < 4.78 is 27.3. The highest BCUT2D eigenvalue weighted by Crippen LogP contribution is 2.19. The van der Waals surface area contributed by atoms with Crippen molar-refractivity contribution in [3.8, 4) is 5.69 Å². The Morgan fingerprint density at radius 1 is 1.28 bits per heavy atom. The smallest absolute Gasteiger partial charge is 0.221 e. The third kappa shape index (κ3) is 3.83. The monoisotopic (exact) mass is 381 g/mol. The average Bonchev–Trinajstić information content (AvgIpc) is 3.10. The number of nitrogens with zero attached hydrogens (tertiary/aromatic N) is 5. The predicted octanol–water partition coefficient (Wildman–Crippen LogP) is 1.88. The van der Waals surface area contributed by atoms with E-state index in [1.165, 1.54) is 11.1 Å². The molecule has 1 saturated heterocycles. The molecule has 0 bridgehead atoms. The molecule has 0 amide bonds. The molecule has 0 radical (unpaired) electrons. The van der Waals surface area contributed by atoms with Crippen LogP contribution in [0.2, 0.25) is 0 Å². The zero-order valence-corrected chi connectivity index (χ0v) is 16.3. The molecule has 2 aromatic rings. The van der Waals surface area contributed by atoms with E-state index in [2.05, 4.69) is 22.3 Å². The average molecular weight is 382 g/mol. The first kappa shape index (κ1) is 18.2. The standard InChI is InChI=1S/C16H23N5O2S2/c1-4-19(15-7-8-25(22,23)10-15)11-20-16(24)21(18-17-20)14-6-5-12(2)13(3)9-14/h5-6,9,15H,4,7-8,10-11H2,1-3H3/t15-/m1/s1. The number of sulfone groups is 1. The summed E-state index contributed by atoms with van der Waals surface area (Å²) in [6.07, 6.45) is 0.661. The van der Waals surface area contributed by atoms with Gasteiger partial charge in [-0.2, -0.15) is 4.68 Å². The minimum Gasteiger partial charge on any atom is -0.280 e. The molecule has 9 heteroatoms. The molecule has 3 rings (SSSR count). The first-order chi connectivity index (χ1) is 11.8. The van der Waals surface area contributed by atoms with Gasteiger partial charge in [0.15, 0.2) is 9.84 Å². The van der Waals surface area contributed by atoms with E-state index < -0.39 is 9.84 Å². The number of benzene rings is 1. The summed E-state index contributed by atoms with van der Waals surface area (Å²) in [5, 5.41) is 8.35. The Morgan fingerprint density at radius 2 is 2.04 bits per heavy atom. The second-order valence-corrected chi connectivity index (χ2v) is 9.14. The van der Waals surface area contributed by atoms with Gasteiger partial charge in [0.2, 0.25) is 4.77 Å². The lowest BCUT2D eigenvalue weighted by Crippen LogP contribution is -2.37. The molecule has 2 heterocycles. The maximum absolute atomic E-state index is 11.7. The van der Waals surface area contributed by atoms with Gasteiger partial charge in [-0.05, 0) is 72.7 Å². The number of aryl methyl sites for hydroxylation is 2.